The van der Waals surface area contributed by atoms with Gasteiger partial charge in [0.15, 0.2) is 9.84 Å². The molecule has 0 fully saturated rings. The highest BCUT2D eigenvalue weighted by molar-refractivity contribution is 7.90. The zero-order valence-corrected chi connectivity index (χ0v) is 11.5. The molecule has 0 amide bonds. The van der Waals surface area contributed by atoms with Crippen LogP contribution in [0.1, 0.15) is 17.2 Å². The Bertz CT molecular complexity index is 604. The van der Waals surface area contributed by atoms with Gasteiger partial charge in [0.2, 0.25) is 0 Å². The first-order valence-corrected chi connectivity index (χ1v) is 8.14. The van der Waals surface area contributed by atoms with Gasteiger partial charge >= 0.3 is 0 Å². The van der Waals surface area contributed by atoms with Crippen molar-refractivity contribution in [1.29, 1.82) is 0 Å². The van der Waals surface area contributed by atoms with E-state index in [1.807, 2.05) is 16.8 Å². The summed E-state index contributed by atoms with van der Waals surface area (Å²) in [4.78, 5) is 0.312. The van der Waals surface area contributed by atoms with Crippen molar-refractivity contribution in [2.45, 2.75) is 10.9 Å². The largest absolute Gasteiger partial charge is 0.271 e. The third kappa shape index (κ3) is 2.78. The highest BCUT2D eigenvalue weighted by atomic mass is 32.2. The van der Waals surface area contributed by atoms with E-state index in [1.165, 1.54) is 6.26 Å². The third-order valence-electron chi connectivity index (χ3n) is 2.68. The lowest BCUT2D eigenvalue weighted by molar-refractivity contribution is 0.601. The average Bonchev–Trinajstić information content (AvgIpc) is 2.83. The summed E-state index contributed by atoms with van der Waals surface area (Å²) in [6, 6.07) is 8.62. The number of sulfone groups is 1. The van der Waals surface area contributed by atoms with Crippen LogP contribution in [0.3, 0.4) is 0 Å². The van der Waals surface area contributed by atoms with E-state index in [1.54, 1.807) is 35.6 Å². The number of benzene rings is 1. The summed E-state index contributed by atoms with van der Waals surface area (Å²) in [6.07, 6.45) is 1.19. The molecule has 1 aromatic carbocycles. The zero-order chi connectivity index (χ0) is 13.2. The monoisotopic (exact) mass is 282 g/mol. The van der Waals surface area contributed by atoms with Crippen molar-refractivity contribution in [2.24, 2.45) is 5.84 Å². The standard InChI is InChI=1S/C12H14N2O2S2/c1-18(15,16)11-4-2-9(3-5-11)12(14-13)10-6-7-17-8-10/h2-8,12,14H,13H2,1H3. The number of nitrogens with two attached hydrogens (primary N) is 1. The average molecular weight is 282 g/mol. The summed E-state index contributed by atoms with van der Waals surface area (Å²) < 4.78 is 22.7. The van der Waals surface area contributed by atoms with Gasteiger partial charge in [0.25, 0.3) is 0 Å². The van der Waals surface area contributed by atoms with E-state index in [9.17, 15) is 8.42 Å². The molecule has 2 rings (SSSR count). The molecule has 1 atom stereocenters. The van der Waals surface area contributed by atoms with Gasteiger partial charge in [-0.1, -0.05) is 12.1 Å². The molecule has 0 saturated heterocycles. The Labute approximate surface area is 110 Å². The number of hydrogen-bond acceptors (Lipinski definition) is 5. The van der Waals surface area contributed by atoms with Crippen LogP contribution in [0.5, 0.6) is 0 Å². The van der Waals surface area contributed by atoms with E-state index < -0.39 is 9.84 Å². The van der Waals surface area contributed by atoms with E-state index in [-0.39, 0.29) is 6.04 Å². The normalized spacial score (nSPS) is 13.4. The minimum atomic E-state index is -3.16. The van der Waals surface area contributed by atoms with Crippen LogP contribution in [0.2, 0.25) is 0 Å². The Kier molecular flexibility index (Phi) is 3.82. The van der Waals surface area contributed by atoms with Crippen molar-refractivity contribution in [1.82, 2.24) is 5.43 Å². The van der Waals surface area contributed by atoms with Crippen LogP contribution in [0, 0.1) is 0 Å². The lowest BCUT2D eigenvalue weighted by Crippen LogP contribution is -2.28. The molecule has 18 heavy (non-hydrogen) atoms. The fraction of sp³-hybridized carbons (Fsp3) is 0.167. The molecule has 0 bridgehead atoms. The van der Waals surface area contributed by atoms with E-state index in [2.05, 4.69) is 5.43 Å². The van der Waals surface area contributed by atoms with Crippen molar-refractivity contribution in [3.05, 3.63) is 52.2 Å². The van der Waals surface area contributed by atoms with Gasteiger partial charge in [-0.15, -0.1) is 0 Å². The molecule has 4 nitrogen and oxygen atoms in total. The van der Waals surface area contributed by atoms with Crippen LogP contribution in [-0.2, 0) is 9.84 Å². The molecule has 0 aliphatic heterocycles. The summed E-state index contributed by atoms with van der Waals surface area (Å²) in [5, 5.41) is 3.99. The molecular weight excluding hydrogens is 268 g/mol. The summed E-state index contributed by atoms with van der Waals surface area (Å²) in [5.74, 6) is 5.56. The van der Waals surface area contributed by atoms with Gasteiger partial charge in [-0.05, 0) is 40.1 Å². The van der Waals surface area contributed by atoms with Crippen molar-refractivity contribution in [3.63, 3.8) is 0 Å². The highest BCUT2D eigenvalue weighted by Gasteiger charge is 2.14. The van der Waals surface area contributed by atoms with E-state index in [0.29, 0.717) is 4.90 Å². The lowest BCUT2D eigenvalue weighted by Gasteiger charge is -2.15. The van der Waals surface area contributed by atoms with Crippen LogP contribution in [-0.4, -0.2) is 14.7 Å². The maximum Gasteiger partial charge on any atom is 0.175 e. The van der Waals surface area contributed by atoms with Crippen LogP contribution >= 0.6 is 11.3 Å². The zero-order valence-electron chi connectivity index (χ0n) is 9.83. The fourth-order valence-corrected chi connectivity index (χ4v) is 3.05. The van der Waals surface area contributed by atoms with Crippen molar-refractivity contribution >= 4 is 21.2 Å². The number of hydrogen-bond donors (Lipinski definition) is 2. The second-order valence-electron chi connectivity index (χ2n) is 4.00. The topological polar surface area (TPSA) is 72.2 Å². The van der Waals surface area contributed by atoms with Crippen LogP contribution in [0.15, 0.2) is 46.0 Å². The predicted octanol–water partition coefficient (Wildman–Crippen LogP) is 1.70. The fourth-order valence-electron chi connectivity index (χ4n) is 1.73. The molecule has 1 unspecified atom stereocenters. The molecule has 2 aromatic rings. The molecule has 6 heteroatoms. The minimum Gasteiger partial charge on any atom is -0.271 e. The second-order valence-corrected chi connectivity index (χ2v) is 6.79. The van der Waals surface area contributed by atoms with Gasteiger partial charge in [-0.2, -0.15) is 11.3 Å². The summed E-state index contributed by atoms with van der Waals surface area (Å²) in [5.41, 5.74) is 4.73. The Morgan fingerprint density at radius 1 is 1.17 bits per heavy atom. The number of hydrazine groups is 1. The Hall–Kier alpha value is -1.21. The molecule has 3 N–H and O–H groups in total. The molecule has 0 aliphatic carbocycles. The minimum absolute atomic E-state index is 0.120. The second kappa shape index (κ2) is 5.19. The molecule has 1 heterocycles. The van der Waals surface area contributed by atoms with Crippen LogP contribution in [0.25, 0.3) is 0 Å². The van der Waals surface area contributed by atoms with Crippen LogP contribution < -0.4 is 11.3 Å². The molecular formula is C12H14N2O2S2. The van der Waals surface area contributed by atoms with Crippen molar-refractivity contribution in [3.8, 4) is 0 Å². The van der Waals surface area contributed by atoms with Gasteiger partial charge in [0, 0.05) is 6.26 Å². The summed E-state index contributed by atoms with van der Waals surface area (Å²) in [7, 11) is -3.16. The number of nitrogens with one attached hydrogen (secondary N) is 1. The first-order valence-electron chi connectivity index (χ1n) is 5.30. The lowest BCUT2D eigenvalue weighted by atomic mass is 10.0. The molecule has 1 aromatic heterocycles. The third-order valence-corrected chi connectivity index (χ3v) is 4.51. The van der Waals surface area contributed by atoms with E-state index in [4.69, 9.17) is 5.84 Å². The van der Waals surface area contributed by atoms with E-state index >= 15 is 0 Å². The molecule has 0 radical (unpaired) electrons. The van der Waals surface area contributed by atoms with Crippen LogP contribution in [0.4, 0.5) is 0 Å². The number of thiophene rings is 1. The quantitative estimate of drug-likeness (QED) is 0.661. The number of rotatable bonds is 4. The molecule has 96 valence electrons. The summed E-state index contributed by atoms with van der Waals surface area (Å²) in [6.45, 7) is 0. The van der Waals surface area contributed by atoms with Gasteiger partial charge in [0.1, 0.15) is 0 Å². The van der Waals surface area contributed by atoms with Crippen molar-refractivity contribution in [2.75, 3.05) is 6.26 Å². The van der Waals surface area contributed by atoms with Gasteiger partial charge < -0.3 is 0 Å². The Morgan fingerprint density at radius 2 is 1.83 bits per heavy atom. The Balaban J connectivity index is 2.34. The van der Waals surface area contributed by atoms with Crippen molar-refractivity contribution < 1.29 is 8.42 Å². The molecule has 0 spiro atoms. The maximum atomic E-state index is 11.4. The summed E-state index contributed by atoms with van der Waals surface area (Å²) >= 11 is 1.59. The van der Waals surface area contributed by atoms with Gasteiger partial charge in [-0.25, -0.2) is 13.8 Å². The van der Waals surface area contributed by atoms with Gasteiger partial charge in [0.05, 0.1) is 10.9 Å². The first kappa shape index (κ1) is 13.2. The highest BCUT2D eigenvalue weighted by Crippen LogP contribution is 2.24. The predicted molar refractivity (Wildman–Crippen MR) is 73.0 cm³/mol. The maximum absolute atomic E-state index is 11.4. The Morgan fingerprint density at radius 3 is 2.28 bits per heavy atom. The SMILES string of the molecule is CS(=O)(=O)c1ccc(C(NN)c2ccsc2)cc1. The van der Waals surface area contributed by atoms with Gasteiger partial charge in [-0.3, -0.25) is 5.84 Å². The first-order chi connectivity index (χ1) is 8.52. The molecule has 0 saturated carbocycles. The van der Waals surface area contributed by atoms with E-state index in [0.717, 1.165) is 11.1 Å². The smallest absolute Gasteiger partial charge is 0.175 e. The molecule has 0 aliphatic rings.